The number of hydrogen-bond acceptors (Lipinski definition) is 7. The lowest BCUT2D eigenvalue weighted by atomic mass is 9.81. The summed E-state index contributed by atoms with van der Waals surface area (Å²) >= 11 is 1.46. The Hall–Kier alpha value is -1.22. The van der Waals surface area contributed by atoms with Crippen molar-refractivity contribution >= 4 is 22.4 Å². The second kappa shape index (κ2) is 6.11. The second-order valence-corrected chi connectivity index (χ2v) is 6.88. The molecule has 0 aromatic carbocycles. The summed E-state index contributed by atoms with van der Waals surface area (Å²) in [5.41, 5.74) is -0.0816. The number of fused-ring (bicyclic) bond motifs is 1. The fourth-order valence-electron chi connectivity index (χ4n) is 3.52. The average Bonchev–Trinajstić information content (AvgIpc) is 3.16. The van der Waals surface area contributed by atoms with Gasteiger partial charge in [-0.3, -0.25) is 9.69 Å². The quantitative estimate of drug-likeness (QED) is 0.766. The zero-order chi connectivity index (χ0) is 15.7. The number of thiazole rings is 1. The van der Waals surface area contributed by atoms with E-state index in [9.17, 15) is 9.90 Å². The van der Waals surface area contributed by atoms with Crippen LogP contribution in [0.2, 0.25) is 0 Å². The molecule has 0 bridgehead atoms. The highest BCUT2D eigenvalue weighted by Gasteiger charge is 2.57. The van der Waals surface area contributed by atoms with Gasteiger partial charge in [0.25, 0.3) is 0 Å². The van der Waals surface area contributed by atoms with Crippen molar-refractivity contribution in [1.82, 2.24) is 9.88 Å². The number of ether oxygens (including phenoxy) is 1. The van der Waals surface area contributed by atoms with E-state index in [1.165, 1.54) is 11.3 Å². The lowest BCUT2D eigenvalue weighted by Gasteiger charge is -2.25. The molecule has 122 valence electrons. The van der Waals surface area contributed by atoms with Crippen molar-refractivity contribution in [2.75, 3.05) is 51.3 Å². The maximum absolute atomic E-state index is 11.9. The minimum atomic E-state index is -0.723. The van der Waals surface area contributed by atoms with Crippen LogP contribution in [0, 0.1) is 11.3 Å². The summed E-state index contributed by atoms with van der Waals surface area (Å²) in [4.78, 5) is 20.5. The van der Waals surface area contributed by atoms with Gasteiger partial charge in [-0.2, -0.15) is 0 Å². The first-order chi connectivity index (χ1) is 10.6. The van der Waals surface area contributed by atoms with Crippen molar-refractivity contribution in [2.24, 2.45) is 11.3 Å². The van der Waals surface area contributed by atoms with Crippen LogP contribution in [-0.4, -0.2) is 72.5 Å². The molecule has 22 heavy (non-hydrogen) atoms. The van der Waals surface area contributed by atoms with Gasteiger partial charge < -0.3 is 19.8 Å². The molecule has 0 aliphatic carbocycles. The van der Waals surface area contributed by atoms with E-state index in [1.54, 1.807) is 7.11 Å². The molecule has 8 heteroatoms. The normalized spacial score (nSPS) is 28.3. The van der Waals surface area contributed by atoms with Crippen molar-refractivity contribution in [3.8, 4) is 0 Å². The van der Waals surface area contributed by atoms with Crippen LogP contribution in [0.4, 0.5) is 5.13 Å². The third kappa shape index (κ3) is 2.60. The molecule has 2 atom stereocenters. The zero-order valence-corrected chi connectivity index (χ0v) is 13.4. The molecule has 2 fully saturated rings. The summed E-state index contributed by atoms with van der Waals surface area (Å²) in [6.07, 6.45) is 0. The minimum absolute atomic E-state index is 0.0807. The number of aliphatic carboxylic acids is 1. The van der Waals surface area contributed by atoms with Crippen LogP contribution in [0.15, 0.2) is 5.38 Å². The highest BCUT2D eigenvalue weighted by Crippen LogP contribution is 2.44. The summed E-state index contributed by atoms with van der Waals surface area (Å²) < 4.78 is 5.09. The standard InChI is InChI=1S/C14H21N3O4S/c1-21-3-2-16-4-10-5-17(9-14(10,8-16)12(19)20)13-15-11(6-18)7-22-13/h7,10,18H,2-6,8-9H2,1H3,(H,19,20)/t10-,14-/m0/s1. The first kappa shape index (κ1) is 15.7. The van der Waals surface area contributed by atoms with Crippen molar-refractivity contribution in [3.63, 3.8) is 0 Å². The van der Waals surface area contributed by atoms with E-state index < -0.39 is 11.4 Å². The van der Waals surface area contributed by atoms with E-state index in [1.807, 2.05) is 5.38 Å². The summed E-state index contributed by atoms with van der Waals surface area (Å²) in [5.74, 6) is -0.623. The predicted molar refractivity (Wildman–Crippen MR) is 82.1 cm³/mol. The molecule has 3 rings (SSSR count). The van der Waals surface area contributed by atoms with Crippen molar-refractivity contribution < 1.29 is 19.7 Å². The number of methoxy groups -OCH3 is 1. The van der Waals surface area contributed by atoms with Gasteiger partial charge in [-0.1, -0.05) is 0 Å². The third-order valence-corrected chi connectivity index (χ3v) is 5.64. The molecule has 7 nitrogen and oxygen atoms in total. The Labute approximate surface area is 133 Å². The smallest absolute Gasteiger partial charge is 0.313 e. The van der Waals surface area contributed by atoms with E-state index in [0.29, 0.717) is 31.9 Å². The average molecular weight is 327 g/mol. The summed E-state index contributed by atoms with van der Waals surface area (Å²) in [6, 6.07) is 0. The molecule has 3 heterocycles. The predicted octanol–water partition coefficient (Wildman–Crippen LogP) is 0.105. The first-order valence-corrected chi connectivity index (χ1v) is 8.22. The molecule has 2 aliphatic rings. The number of carboxylic acids is 1. The zero-order valence-electron chi connectivity index (χ0n) is 12.6. The van der Waals surface area contributed by atoms with Gasteiger partial charge in [0.2, 0.25) is 0 Å². The number of nitrogens with zero attached hydrogens (tertiary/aromatic N) is 3. The number of hydrogen-bond donors (Lipinski definition) is 2. The van der Waals surface area contributed by atoms with Crippen LogP contribution in [0.25, 0.3) is 0 Å². The van der Waals surface area contributed by atoms with Gasteiger partial charge in [-0.05, 0) is 0 Å². The fraction of sp³-hybridized carbons (Fsp3) is 0.714. The number of likely N-dealkylation sites (tertiary alicyclic amines) is 1. The Balaban J connectivity index is 1.74. The molecule has 1 aromatic heterocycles. The van der Waals surface area contributed by atoms with Gasteiger partial charge in [0.05, 0.1) is 18.9 Å². The molecular weight excluding hydrogens is 306 g/mol. The Morgan fingerprint density at radius 2 is 2.36 bits per heavy atom. The van der Waals surface area contributed by atoms with Crippen LogP contribution in [-0.2, 0) is 16.1 Å². The number of carboxylic acid groups (broad SMARTS) is 1. The number of anilines is 1. The first-order valence-electron chi connectivity index (χ1n) is 7.34. The highest BCUT2D eigenvalue weighted by atomic mass is 32.1. The van der Waals surface area contributed by atoms with E-state index in [-0.39, 0.29) is 12.5 Å². The number of aliphatic hydroxyl groups is 1. The summed E-state index contributed by atoms with van der Waals surface area (Å²) in [5, 5.41) is 21.5. The van der Waals surface area contributed by atoms with E-state index in [4.69, 9.17) is 9.84 Å². The van der Waals surface area contributed by atoms with Gasteiger partial charge >= 0.3 is 5.97 Å². The molecule has 2 N–H and O–H groups in total. The number of aliphatic hydroxyl groups excluding tert-OH is 1. The molecule has 0 radical (unpaired) electrons. The lowest BCUT2D eigenvalue weighted by Crippen LogP contribution is -2.41. The molecule has 0 amide bonds. The fourth-order valence-corrected chi connectivity index (χ4v) is 4.35. The molecule has 0 saturated carbocycles. The van der Waals surface area contributed by atoms with Crippen molar-refractivity contribution in [2.45, 2.75) is 6.61 Å². The van der Waals surface area contributed by atoms with Gasteiger partial charge in [0.15, 0.2) is 5.13 Å². The Kier molecular flexibility index (Phi) is 4.35. The van der Waals surface area contributed by atoms with Gasteiger partial charge in [0, 0.05) is 51.1 Å². The number of carbonyl (C=O) groups is 1. The maximum atomic E-state index is 11.9. The Morgan fingerprint density at radius 1 is 1.55 bits per heavy atom. The summed E-state index contributed by atoms with van der Waals surface area (Å²) in [7, 11) is 1.66. The van der Waals surface area contributed by atoms with Crippen LogP contribution in [0.3, 0.4) is 0 Å². The SMILES string of the molecule is COCCN1C[C@H]2CN(c3nc(CO)cs3)C[C@@]2(C(=O)O)C1. The Bertz CT molecular complexity index is 552. The topological polar surface area (TPSA) is 86.1 Å². The van der Waals surface area contributed by atoms with Gasteiger partial charge in [0.1, 0.15) is 5.41 Å². The van der Waals surface area contributed by atoms with Crippen LogP contribution >= 0.6 is 11.3 Å². The van der Waals surface area contributed by atoms with Crippen LogP contribution < -0.4 is 4.90 Å². The minimum Gasteiger partial charge on any atom is -0.481 e. The second-order valence-electron chi connectivity index (χ2n) is 6.05. The monoisotopic (exact) mass is 327 g/mol. The van der Waals surface area contributed by atoms with Crippen molar-refractivity contribution in [3.05, 3.63) is 11.1 Å². The third-order valence-electron chi connectivity index (χ3n) is 4.69. The maximum Gasteiger partial charge on any atom is 0.313 e. The number of aromatic nitrogens is 1. The molecular formula is C14H21N3O4S. The lowest BCUT2D eigenvalue weighted by molar-refractivity contribution is -0.148. The Morgan fingerprint density at radius 3 is 2.95 bits per heavy atom. The largest absolute Gasteiger partial charge is 0.481 e. The highest BCUT2D eigenvalue weighted by molar-refractivity contribution is 7.13. The van der Waals surface area contributed by atoms with Gasteiger partial charge in [-0.25, -0.2) is 4.98 Å². The van der Waals surface area contributed by atoms with E-state index in [0.717, 1.165) is 18.2 Å². The molecule has 0 unspecified atom stereocenters. The molecule has 1 aromatic rings. The van der Waals surface area contributed by atoms with Crippen LogP contribution in [0.5, 0.6) is 0 Å². The van der Waals surface area contributed by atoms with Crippen molar-refractivity contribution in [1.29, 1.82) is 0 Å². The van der Waals surface area contributed by atoms with E-state index >= 15 is 0 Å². The summed E-state index contributed by atoms with van der Waals surface area (Å²) in [6.45, 7) is 3.84. The molecule has 2 aliphatic heterocycles. The number of rotatable bonds is 6. The van der Waals surface area contributed by atoms with Crippen LogP contribution in [0.1, 0.15) is 5.69 Å². The molecule has 2 saturated heterocycles. The van der Waals surface area contributed by atoms with E-state index in [2.05, 4.69) is 14.8 Å². The molecule has 0 spiro atoms. The van der Waals surface area contributed by atoms with Gasteiger partial charge in [-0.15, -0.1) is 11.3 Å².